The maximum Gasteiger partial charge on any atom is 0.159 e. The predicted molar refractivity (Wildman–Crippen MR) is 84.9 cm³/mol. The average molecular weight is 283 g/mol. The van der Waals surface area contributed by atoms with E-state index in [0.29, 0.717) is 6.54 Å². The molecular weight excluding hydrogens is 262 g/mol. The van der Waals surface area contributed by atoms with Gasteiger partial charge in [0.1, 0.15) is 5.69 Å². The van der Waals surface area contributed by atoms with Crippen molar-refractivity contribution in [2.75, 3.05) is 0 Å². The molecule has 0 saturated heterocycles. The molecule has 3 aromatic rings. The lowest BCUT2D eigenvalue weighted by atomic mass is 10.2. The molecule has 3 rings (SSSR count). The zero-order valence-corrected chi connectivity index (χ0v) is 12.8. The highest BCUT2D eigenvalue weighted by Crippen LogP contribution is 2.26. The van der Waals surface area contributed by atoms with Crippen molar-refractivity contribution in [3.8, 4) is 11.5 Å². The Balaban J connectivity index is 2.26. The summed E-state index contributed by atoms with van der Waals surface area (Å²) in [6, 6.07) is 8.35. The molecule has 21 heavy (non-hydrogen) atoms. The van der Waals surface area contributed by atoms with Crippen molar-refractivity contribution < 1.29 is 0 Å². The van der Waals surface area contributed by atoms with Crippen LogP contribution in [0.3, 0.4) is 0 Å². The van der Waals surface area contributed by atoms with E-state index in [-0.39, 0.29) is 0 Å². The number of hydrogen-bond acceptors (Lipinski definition) is 3. The monoisotopic (exact) mass is 283 g/mol. The summed E-state index contributed by atoms with van der Waals surface area (Å²) in [6.45, 7) is 8.51. The Hall–Kier alpha value is -2.14. The smallest absolute Gasteiger partial charge is 0.159 e. The minimum absolute atomic E-state index is 0.538. The van der Waals surface area contributed by atoms with Gasteiger partial charge in [-0.2, -0.15) is 5.10 Å². The molecule has 0 unspecified atom stereocenters. The van der Waals surface area contributed by atoms with Crippen molar-refractivity contribution in [1.82, 2.24) is 19.3 Å². The minimum atomic E-state index is 0.538. The Morgan fingerprint density at radius 2 is 1.95 bits per heavy atom. The van der Waals surface area contributed by atoms with E-state index >= 15 is 0 Å². The molecule has 0 aliphatic rings. The molecule has 0 saturated carbocycles. The predicted octanol–water partition coefficient (Wildman–Crippen LogP) is 2.71. The van der Waals surface area contributed by atoms with E-state index in [9.17, 15) is 0 Å². The second-order valence-electron chi connectivity index (χ2n) is 5.19. The van der Waals surface area contributed by atoms with Gasteiger partial charge in [-0.3, -0.25) is 4.68 Å². The maximum atomic E-state index is 5.73. The van der Waals surface area contributed by atoms with Gasteiger partial charge < -0.3 is 10.3 Å². The van der Waals surface area contributed by atoms with Crippen molar-refractivity contribution in [2.24, 2.45) is 5.73 Å². The summed E-state index contributed by atoms with van der Waals surface area (Å²) in [5.74, 6) is 0.976. The number of rotatable bonds is 4. The molecule has 2 N–H and O–H groups in total. The average Bonchev–Trinajstić information content (AvgIpc) is 3.05. The molecule has 110 valence electrons. The fourth-order valence-corrected chi connectivity index (χ4v) is 2.78. The fraction of sp³-hybridized carbons (Fsp3) is 0.375. The Labute approximate surface area is 124 Å². The number of aryl methyl sites for hydroxylation is 3. The third-order valence-corrected chi connectivity index (χ3v) is 3.80. The highest BCUT2D eigenvalue weighted by molar-refractivity contribution is 5.80. The molecule has 0 fully saturated rings. The second-order valence-corrected chi connectivity index (χ2v) is 5.19. The normalized spacial score (nSPS) is 11.4. The quantitative estimate of drug-likeness (QED) is 0.800. The van der Waals surface area contributed by atoms with Gasteiger partial charge in [0.25, 0.3) is 0 Å². The standard InChI is InChI=1S/C16H21N5/c1-4-20-14-7-6-12(10-17)9-13(14)18-16(20)15-8-11(3)19-21(15)5-2/h6-9H,4-5,10,17H2,1-3H3. The molecule has 0 spiro atoms. The zero-order valence-electron chi connectivity index (χ0n) is 12.8. The van der Waals surface area contributed by atoms with E-state index in [0.717, 1.165) is 46.9 Å². The molecule has 0 aliphatic heterocycles. The largest absolute Gasteiger partial charge is 0.326 e. The number of fused-ring (bicyclic) bond motifs is 1. The van der Waals surface area contributed by atoms with Crippen molar-refractivity contribution in [1.29, 1.82) is 0 Å². The van der Waals surface area contributed by atoms with Gasteiger partial charge in [-0.1, -0.05) is 6.07 Å². The molecule has 0 radical (unpaired) electrons. The zero-order chi connectivity index (χ0) is 15.0. The van der Waals surface area contributed by atoms with Crippen LogP contribution in [-0.4, -0.2) is 19.3 Å². The van der Waals surface area contributed by atoms with Crippen LogP contribution >= 0.6 is 0 Å². The molecule has 2 heterocycles. The van der Waals surface area contributed by atoms with E-state index in [2.05, 4.69) is 47.8 Å². The lowest BCUT2D eigenvalue weighted by molar-refractivity contribution is 0.651. The van der Waals surface area contributed by atoms with Crippen molar-refractivity contribution in [2.45, 2.75) is 40.4 Å². The summed E-state index contributed by atoms with van der Waals surface area (Å²) in [5, 5.41) is 4.53. The van der Waals surface area contributed by atoms with Gasteiger partial charge in [-0.15, -0.1) is 0 Å². The minimum Gasteiger partial charge on any atom is -0.326 e. The lowest BCUT2D eigenvalue weighted by Gasteiger charge is -2.07. The van der Waals surface area contributed by atoms with Crippen LogP contribution in [0.25, 0.3) is 22.6 Å². The summed E-state index contributed by atoms with van der Waals surface area (Å²) >= 11 is 0. The van der Waals surface area contributed by atoms with Crippen molar-refractivity contribution in [3.63, 3.8) is 0 Å². The summed E-state index contributed by atoms with van der Waals surface area (Å²) < 4.78 is 4.24. The number of imidazole rings is 1. The van der Waals surface area contributed by atoms with Gasteiger partial charge in [0, 0.05) is 19.6 Å². The highest BCUT2D eigenvalue weighted by Gasteiger charge is 2.16. The van der Waals surface area contributed by atoms with Crippen LogP contribution in [0.1, 0.15) is 25.1 Å². The first-order chi connectivity index (χ1) is 10.2. The number of aromatic nitrogens is 4. The first kappa shape index (κ1) is 13.8. The Kier molecular flexibility index (Phi) is 3.51. The van der Waals surface area contributed by atoms with Crippen LogP contribution in [0, 0.1) is 6.92 Å². The molecule has 0 atom stereocenters. The van der Waals surface area contributed by atoms with E-state index < -0.39 is 0 Å². The number of benzene rings is 1. The van der Waals surface area contributed by atoms with Gasteiger partial charge in [0.2, 0.25) is 0 Å². The van der Waals surface area contributed by atoms with E-state index in [4.69, 9.17) is 10.7 Å². The SMILES string of the molecule is CCn1nc(C)cc1-c1nc2cc(CN)ccc2n1CC. The Bertz CT molecular complexity index is 781. The Morgan fingerprint density at radius 3 is 2.62 bits per heavy atom. The summed E-state index contributed by atoms with van der Waals surface area (Å²) in [5.41, 5.74) is 11.1. The third kappa shape index (κ3) is 2.23. The molecule has 5 nitrogen and oxygen atoms in total. The van der Waals surface area contributed by atoms with E-state index in [1.54, 1.807) is 0 Å². The van der Waals surface area contributed by atoms with Crippen LogP contribution < -0.4 is 5.73 Å². The summed E-state index contributed by atoms with van der Waals surface area (Å²) in [4.78, 5) is 4.83. The maximum absolute atomic E-state index is 5.73. The van der Waals surface area contributed by atoms with Gasteiger partial charge in [0.15, 0.2) is 5.82 Å². The molecule has 1 aromatic carbocycles. The van der Waals surface area contributed by atoms with Crippen LogP contribution in [0.5, 0.6) is 0 Å². The van der Waals surface area contributed by atoms with Gasteiger partial charge in [0.05, 0.1) is 16.7 Å². The van der Waals surface area contributed by atoms with Gasteiger partial charge >= 0.3 is 0 Å². The summed E-state index contributed by atoms with van der Waals surface area (Å²) in [6.07, 6.45) is 0. The summed E-state index contributed by atoms with van der Waals surface area (Å²) in [7, 11) is 0. The van der Waals surface area contributed by atoms with Crippen LogP contribution in [0.2, 0.25) is 0 Å². The number of hydrogen-bond donors (Lipinski definition) is 1. The number of nitrogens with two attached hydrogens (primary N) is 1. The first-order valence-corrected chi connectivity index (χ1v) is 7.42. The fourth-order valence-electron chi connectivity index (χ4n) is 2.78. The van der Waals surface area contributed by atoms with Crippen molar-refractivity contribution in [3.05, 3.63) is 35.5 Å². The van der Waals surface area contributed by atoms with Gasteiger partial charge in [-0.25, -0.2) is 4.98 Å². The molecular formula is C16H21N5. The second kappa shape index (κ2) is 5.33. The van der Waals surface area contributed by atoms with Crippen LogP contribution in [-0.2, 0) is 19.6 Å². The van der Waals surface area contributed by atoms with Crippen LogP contribution in [0.4, 0.5) is 0 Å². The molecule has 0 amide bonds. The van der Waals surface area contributed by atoms with Crippen molar-refractivity contribution >= 4 is 11.0 Å². The first-order valence-electron chi connectivity index (χ1n) is 7.42. The molecule has 0 bridgehead atoms. The molecule has 0 aliphatic carbocycles. The van der Waals surface area contributed by atoms with E-state index in [1.807, 2.05) is 11.6 Å². The topological polar surface area (TPSA) is 61.7 Å². The third-order valence-electron chi connectivity index (χ3n) is 3.80. The van der Waals surface area contributed by atoms with E-state index in [1.165, 1.54) is 0 Å². The molecule has 2 aromatic heterocycles. The Morgan fingerprint density at radius 1 is 1.14 bits per heavy atom. The molecule has 5 heteroatoms. The van der Waals surface area contributed by atoms with Gasteiger partial charge in [-0.05, 0) is 44.5 Å². The highest BCUT2D eigenvalue weighted by atomic mass is 15.3. The number of nitrogens with zero attached hydrogens (tertiary/aromatic N) is 4. The van der Waals surface area contributed by atoms with Crippen LogP contribution in [0.15, 0.2) is 24.3 Å². The lowest BCUT2D eigenvalue weighted by Crippen LogP contribution is -2.04.